The minimum atomic E-state index is -1.26. The van der Waals surface area contributed by atoms with Crippen LogP contribution in [0.3, 0.4) is 0 Å². The Hall–Kier alpha value is -2.66. The maximum Gasteiger partial charge on any atom is 0.305 e. The molecule has 1 aliphatic carbocycles. The lowest BCUT2D eigenvalue weighted by Crippen LogP contribution is -2.60. The molecule has 0 amide bonds. The highest BCUT2D eigenvalue weighted by Crippen LogP contribution is 2.41. The lowest BCUT2D eigenvalue weighted by atomic mass is 9.88. The van der Waals surface area contributed by atoms with Crippen LogP contribution in [-0.4, -0.2) is 54.0 Å². The summed E-state index contributed by atoms with van der Waals surface area (Å²) in [7, 11) is 0. The molecule has 0 N–H and O–H groups in total. The highest BCUT2D eigenvalue weighted by molar-refractivity contribution is 7.99. The van der Waals surface area contributed by atoms with E-state index < -0.39 is 47.8 Å². The standard InChI is InChI=1S/C29H30ClFO7S2/c1-15(32)35-26-27(36-16(2)33)29(37-17(3)34)38-25(28(26)39-4)19-7-11-23(30)20(13-19)14-22-10-12-24(40-22)18-5-8-21(31)9-6-18/h5-6,8-10,12-13,25-29H,7,11,14H2,1-4H3/t25?,26-,27-,28-,29-/m0/s1. The van der Waals surface area contributed by atoms with Gasteiger partial charge in [-0.3, -0.25) is 14.4 Å². The maximum absolute atomic E-state index is 13.3. The summed E-state index contributed by atoms with van der Waals surface area (Å²) >= 11 is 9.69. The molecule has 11 heteroatoms. The molecule has 40 heavy (non-hydrogen) atoms. The molecule has 0 spiro atoms. The second kappa shape index (κ2) is 13.3. The summed E-state index contributed by atoms with van der Waals surface area (Å²) in [5, 5.41) is 0.291. The Morgan fingerprint density at radius 2 is 1.62 bits per heavy atom. The van der Waals surface area contributed by atoms with Crippen molar-refractivity contribution in [1.29, 1.82) is 0 Å². The number of thioether (sulfide) groups is 1. The molecule has 7 nitrogen and oxygen atoms in total. The van der Waals surface area contributed by atoms with Crippen molar-refractivity contribution >= 4 is 52.6 Å². The Morgan fingerprint density at radius 1 is 0.975 bits per heavy atom. The molecule has 5 atom stereocenters. The van der Waals surface area contributed by atoms with Crippen LogP contribution in [0, 0.1) is 5.82 Å². The van der Waals surface area contributed by atoms with Crippen molar-refractivity contribution in [2.45, 2.75) is 69.9 Å². The summed E-state index contributed by atoms with van der Waals surface area (Å²) in [6, 6.07) is 10.4. The van der Waals surface area contributed by atoms with E-state index in [1.165, 1.54) is 44.7 Å². The minimum absolute atomic E-state index is 0.281. The van der Waals surface area contributed by atoms with Gasteiger partial charge in [0.15, 0.2) is 6.10 Å². The zero-order valence-corrected chi connectivity index (χ0v) is 24.9. The summed E-state index contributed by atoms with van der Waals surface area (Å²) in [4.78, 5) is 38.0. The van der Waals surface area contributed by atoms with Crippen molar-refractivity contribution in [3.05, 3.63) is 69.3 Å². The first kappa shape index (κ1) is 30.3. The Bertz CT molecular complexity index is 1320. The Morgan fingerprint density at radius 3 is 2.25 bits per heavy atom. The van der Waals surface area contributed by atoms with Crippen LogP contribution < -0.4 is 0 Å². The largest absolute Gasteiger partial charge is 0.457 e. The number of thiophene rings is 1. The van der Waals surface area contributed by atoms with Crippen molar-refractivity contribution in [3.8, 4) is 10.4 Å². The number of carbonyl (C=O) groups is 3. The van der Waals surface area contributed by atoms with Gasteiger partial charge in [0.25, 0.3) is 0 Å². The second-order valence-electron chi connectivity index (χ2n) is 9.48. The molecule has 0 bridgehead atoms. The quantitative estimate of drug-likeness (QED) is 0.259. The zero-order valence-electron chi connectivity index (χ0n) is 22.5. The Balaban J connectivity index is 1.63. The monoisotopic (exact) mass is 608 g/mol. The molecule has 0 radical (unpaired) electrons. The molecular formula is C29H30ClFO7S2. The lowest BCUT2D eigenvalue weighted by molar-refractivity contribution is -0.259. The molecule has 1 aliphatic heterocycles. The van der Waals surface area contributed by atoms with Crippen LogP contribution in [0.15, 0.2) is 58.7 Å². The average Bonchev–Trinajstić information content (AvgIpc) is 3.35. The summed E-state index contributed by atoms with van der Waals surface area (Å²) in [6.45, 7) is 3.73. The van der Waals surface area contributed by atoms with Gasteiger partial charge in [-0.15, -0.1) is 11.3 Å². The van der Waals surface area contributed by atoms with Gasteiger partial charge in [-0.05, 0) is 60.1 Å². The van der Waals surface area contributed by atoms with Gasteiger partial charge in [-0.25, -0.2) is 4.39 Å². The normalized spacial score (nSPS) is 24.8. The van der Waals surface area contributed by atoms with E-state index in [9.17, 15) is 18.8 Å². The third-order valence-electron chi connectivity index (χ3n) is 6.52. The van der Waals surface area contributed by atoms with Crippen LogP contribution in [0.2, 0.25) is 0 Å². The number of halogens is 2. The summed E-state index contributed by atoms with van der Waals surface area (Å²) in [5.41, 5.74) is 2.77. The first-order valence-corrected chi connectivity index (χ1v) is 15.2. The highest BCUT2D eigenvalue weighted by atomic mass is 35.5. The summed E-state index contributed by atoms with van der Waals surface area (Å²) < 4.78 is 36.1. The molecule has 1 unspecified atom stereocenters. The minimum Gasteiger partial charge on any atom is -0.457 e. The number of carbonyl (C=O) groups excluding carboxylic acids is 3. The van der Waals surface area contributed by atoms with E-state index in [-0.39, 0.29) is 5.82 Å². The third-order valence-corrected chi connectivity index (χ3v) is 9.14. The van der Waals surface area contributed by atoms with Crippen LogP contribution in [-0.2, 0) is 39.8 Å². The fourth-order valence-corrected chi connectivity index (χ4v) is 7.08. The van der Waals surface area contributed by atoms with Crippen molar-refractivity contribution in [2.24, 2.45) is 0 Å². The fraction of sp³-hybridized carbons (Fsp3) is 0.414. The molecule has 1 fully saturated rings. The first-order chi connectivity index (χ1) is 19.0. The molecule has 2 aromatic rings. The van der Waals surface area contributed by atoms with E-state index in [2.05, 4.69) is 0 Å². The number of hydrogen-bond acceptors (Lipinski definition) is 9. The fourth-order valence-electron chi connectivity index (χ4n) is 4.86. The molecule has 2 aliphatic rings. The number of rotatable bonds is 8. The van der Waals surface area contributed by atoms with Gasteiger partial charge in [0, 0.05) is 42.0 Å². The predicted molar refractivity (Wildman–Crippen MR) is 152 cm³/mol. The Labute approximate surface area is 245 Å². The third kappa shape index (κ3) is 7.34. The molecule has 1 aromatic carbocycles. The molecule has 214 valence electrons. The van der Waals surface area contributed by atoms with Gasteiger partial charge in [0.05, 0.1) is 11.4 Å². The van der Waals surface area contributed by atoms with Crippen LogP contribution in [0.1, 0.15) is 38.5 Å². The van der Waals surface area contributed by atoms with E-state index >= 15 is 0 Å². The summed E-state index contributed by atoms with van der Waals surface area (Å²) in [5.74, 6) is -2.08. The van der Waals surface area contributed by atoms with Gasteiger partial charge >= 0.3 is 17.9 Å². The van der Waals surface area contributed by atoms with Crippen molar-refractivity contribution in [2.75, 3.05) is 6.26 Å². The molecular weight excluding hydrogens is 579 g/mol. The van der Waals surface area contributed by atoms with Crippen LogP contribution in [0.4, 0.5) is 4.39 Å². The maximum atomic E-state index is 13.3. The van der Waals surface area contributed by atoms with Gasteiger partial charge < -0.3 is 18.9 Å². The molecule has 0 saturated carbocycles. The van der Waals surface area contributed by atoms with Crippen molar-refractivity contribution in [1.82, 2.24) is 0 Å². The number of allylic oxidation sites excluding steroid dienone is 3. The molecule has 4 rings (SSSR count). The highest BCUT2D eigenvalue weighted by Gasteiger charge is 2.52. The summed E-state index contributed by atoms with van der Waals surface area (Å²) in [6.07, 6.45) is 1.70. The lowest BCUT2D eigenvalue weighted by Gasteiger charge is -2.45. The zero-order chi connectivity index (χ0) is 29.0. The SMILES string of the molecule is CS[C@H]1C(C2=CC(Cc3ccc(-c4ccc(F)cc4)s3)=C(Cl)CC2)O[C@H](OC(C)=O)[C@@H](OC(C)=O)[C@@H]1OC(C)=O. The first-order valence-electron chi connectivity index (χ1n) is 12.7. The number of hydrogen-bond donors (Lipinski definition) is 0. The smallest absolute Gasteiger partial charge is 0.305 e. The van der Waals surface area contributed by atoms with Gasteiger partial charge in [-0.1, -0.05) is 29.8 Å². The topological polar surface area (TPSA) is 88.1 Å². The van der Waals surface area contributed by atoms with Crippen LogP contribution in [0.25, 0.3) is 10.4 Å². The Kier molecular flexibility index (Phi) is 10.1. The van der Waals surface area contributed by atoms with Gasteiger partial charge in [-0.2, -0.15) is 11.8 Å². The second-order valence-corrected chi connectivity index (χ2v) is 12.1. The predicted octanol–water partition coefficient (Wildman–Crippen LogP) is 6.19. The molecule has 2 heterocycles. The van der Waals surface area contributed by atoms with Gasteiger partial charge in [0.1, 0.15) is 5.82 Å². The van der Waals surface area contributed by atoms with Gasteiger partial charge in [0.2, 0.25) is 12.4 Å². The molecule has 1 saturated heterocycles. The van der Waals surface area contributed by atoms with E-state index in [1.807, 2.05) is 24.5 Å². The van der Waals surface area contributed by atoms with Crippen LogP contribution in [0.5, 0.6) is 0 Å². The van der Waals surface area contributed by atoms with Crippen LogP contribution >= 0.6 is 34.7 Å². The van der Waals surface area contributed by atoms with E-state index in [1.54, 1.807) is 23.5 Å². The average molecular weight is 609 g/mol. The number of esters is 3. The van der Waals surface area contributed by atoms with Crippen molar-refractivity contribution < 1.29 is 37.7 Å². The van der Waals surface area contributed by atoms with E-state index in [0.717, 1.165) is 31.5 Å². The number of ether oxygens (including phenoxy) is 4. The number of benzene rings is 1. The van der Waals surface area contributed by atoms with E-state index in [0.29, 0.717) is 19.3 Å². The van der Waals surface area contributed by atoms with Crippen molar-refractivity contribution in [3.63, 3.8) is 0 Å². The van der Waals surface area contributed by atoms with E-state index in [4.69, 9.17) is 30.5 Å². The molecule has 1 aromatic heterocycles.